The van der Waals surface area contributed by atoms with Gasteiger partial charge in [0.25, 0.3) is 0 Å². The molecule has 1 fully saturated rings. The Labute approximate surface area is 181 Å². The van der Waals surface area contributed by atoms with Crippen LogP contribution in [0.4, 0.5) is 5.69 Å². The summed E-state index contributed by atoms with van der Waals surface area (Å²) in [5, 5.41) is 3.47. The summed E-state index contributed by atoms with van der Waals surface area (Å²) < 4.78 is 5.44. The Morgan fingerprint density at radius 3 is 2.87 bits per heavy atom. The maximum absolute atomic E-state index is 5.44. The highest BCUT2D eigenvalue weighted by Crippen LogP contribution is 2.36. The average Bonchev–Trinajstić information content (AvgIpc) is 2.80. The number of rotatable bonds is 8. The van der Waals surface area contributed by atoms with E-state index in [0.29, 0.717) is 5.92 Å². The summed E-state index contributed by atoms with van der Waals surface area (Å²) in [6, 6.07) is 17.2. The van der Waals surface area contributed by atoms with Crippen LogP contribution >= 0.6 is 0 Å². The number of anilines is 1. The number of hydrogen-bond acceptors (Lipinski definition) is 3. The Balaban J connectivity index is 1.30. The molecule has 3 nitrogen and oxygen atoms in total. The zero-order chi connectivity index (χ0) is 20.8. The first-order valence-electron chi connectivity index (χ1n) is 11.3. The van der Waals surface area contributed by atoms with Crippen LogP contribution in [0.1, 0.15) is 36.8 Å². The van der Waals surface area contributed by atoms with Gasteiger partial charge in [0, 0.05) is 30.9 Å². The Morgan fingerprint density at radius 2 is 2.07 bits per heavy atom. The van der Waals surface area contributed by atoms with E-state index in [1.165, 1.54) is 48.2 Å². The van der Waals surface area contributed by atoms with Crippen LogP contribution in [0, 0.1) is 11.8 Å². The maximum atomic E-state index is 5.44. The van der Waals surface area contributed by atoms with Gasteiger partial charge in [-0.2, -0.15) is 0 Å². The van der Waals surface area contributed by atoms with E-state index in [-0.39, 0.29) is 0 Å². The van der Waals surface area contributed by atoms with Crippen LogP contribution in [0.5, 0.6) is 5.75 Å². The molecular weight excluding hydrogens is 368 g/mol. The van der Waals surface area contributed by atoms with Crippen LogP contribution in [0.2, 0.25) is 0 Å². The van der Waals surface area contributed by atoms with Gasteiger partial charge in [-0.1, -0.05) is 42.5 Å². The van der Waals surface area contributed by atoms with Gasteiger partial charge < -0.3 is 10.1 Å². The summed E-state index contributed by atoms with van der Waals surface area (Å²) >= 11 is 0. The molecule has 2 aromatic rings. The van der Waals surface area contributed by atoms with Gasteiger partial charge in [0.1, 0.15) is 5.75 Å². The molecule has 0 radical (unpaired) electrons. The molecule has 0 saturated carbocycles. The average molecular weight is 403 g/mol. The number of hydrogen-bond donors (Lipinski definition) is 1. The number of allylic oxidation sites excluding steroid dienone is 1. The fraction of sp³-hybridized carbons (Fsp3) is 0.407. The lowest BCUT2D eigenvalue weighted by molar-refractivity contribution is 0.132. The fourth-order valence-electron chi connectivity index (χ4n) is 4.97. The van der Waals surface area contributed by atoms with Crippen molar-refractivity contribution in [3.63, 3.8) is 0 Å². The lowest BCUT2D eigenvalue weighted by atomic mass is 9.81. The highest BCUT2D eigenvalue weighted by Gasteiger charge is 2.27. The molecule has 0 amide bonds. The Morgan fingerprint density at radius 1 is 1.20 bits per heavy atom. The molecule has 3 heteroatoms. The Bertz CT molecular complexity index is 874. The number of piperidine rings is 1. The predicted molar refractivity (Wildman–Crippen MR) is 127 cm³/mol. The smallest absolute Gasteiger partial charge is 0.119 e. The van der Waals surface area contributed by atoms with E-state index in [0.717, 1.165) is 37.7 Å². The van der Waals surface area contributed by atoms with Crippen LogP contribution in [0.3, 0.4) is 0 Å². The first-order chi connectivity index (χ1) is 14.8. The fourth-order valence-corrected chi connectivity index (χ4v) is 4.97. The zero-order valence-corrected chi connectivity index (χ0v) is 18.1. The topological polar surface area (TPSA) is 24.5 Å². The van der Waals surface area contributed by atoms with E-state index >= 15 is 0 Å². The molecule has 0 aliphatic carbocycles. The summed E-state index contributed by atoms with van der Waals surface area (Å²) in [6.45, 7) is 8.46. The first-order valence-corrected chi connectivity index (χ1v) is 11.3. The predicted octanol–water partition coefficient (Wildman–Crippen LogP) is 6.00. The number of nitrogens with one attached hydrogen (secondary N) is 1. The minimum atomic E-state index is 0.594. The SMILES string of the molecule is C=CC1CN(Cc2ccccc2)CCC1CCCC1=CCNc2ccc(OC)cc21. The van der Waals surface area contributed by atoms with Gasteiger partial charge in [0.05, 0.1) is 7.11 Å². The van der Waals surface area contributed by atoms with E-state index in [2.05, 4.69) is 71.4 Å². The second-order valence-corrected chi connectivity index (χ2v) is 8.58. The van der Waals surface area contributed by atoms with Crippen molar-refractivity contribution in [2.24, 2.45) is 11.8 Å². The minimum absolute atomic E-state index is 0.594. The lowest BCUT2D eigenvalue weighted by Gasteiger charge is -2.37. The molecule has 2 aliphatic heterocycles. The minimum Gasteiger partial charge on any atom is -0.497 e. The van der Waals surface area contributed by atoms with Crippen molar-refractivity contribution < 1.29 is 4.74 Å². The quantitative estimate of drug-likeness (QED) is 0.548. The van der Waals surface area contributed by atoms with Crippen LogP contribution in [-0.4, -0.2) is 31.6 Å². The second kappa shape index (κ2) is 9.99. The molecule has 30 heavy (non-hydrogen) atoms. The van der Waals surface area contributed by atoms with Gasteiger partial charge >= 0.3 is 0 Å². The van der Waals surface area contributed by atoms with Crippen molar-refractivity contribution >= 4 is 11.3 Å². The third-order valence-electron chi connectivity index (χ3n) is 6.68. The van der Waals surface area contributed by atoms with Gasteiger partial charge in [-0.15, -0.1) is 6.58 Å². The number of fused-ring (bicyclic) bond motifs is 1. The van der Waals surface area contributed by atoms with Gasteiger partial charge in [0.2, 0.25) is 0 Å². The van der Waals surface area contributed by atoms with Crippen LogP contribution < -0.4 is 10.1 Å². The molecule has 1 N–H and O–H groups in total. The van der Waals surface area contributed by atoms with Crippen molar-refractivity contribution in [1.82, 2.24) is 4.90 Å². The van der Waals surface area contributed by atoms with Crippen LogP contribution in [0.15, 0.2) is 67.3 Å². The summed E-state index contributed by atoms with van der Waals surface area (Å²) in [5.41, 5.74) is 5.40. The Kier molecular flexibility index (Phi) is 6.91. The third kappa shape index (κ3) is 4.96. The lowest BCUT2D eigenvalue weighted by Crippen LogP contribution is -2.39. The molecule has 2 unspecified atom stereocenters. The molecule has 2 aliphatic rings. The van der Waals surface area contributed by atoms with Crippen LogP contribution in [0.25, 0.3) is 5.57 Å². The molecule has 0 spiro atoms. The molecule has 4 rings (SSSR count). The number of benzene rings is 2. The number of likely N-dealkylation sites (tertiary alicyclic amines) is 1. The van der Waals surface area contributed by atoms with Crippen molar-refractivity contribution in [2.45, 2.75) is 32.2 Å². The summed E-state index contributed by atoms with van der Waals surface area (Å²) in [6.07, 6.45) is 9.46. The molecular formula is C27H34N2O. The highest BCUT2D eigenvalue weighted by atomic mass is 16.5. The van der Waals surface area contributed by atoms with Crippen molar-refractivity contribution in [3.8, 4) is 5.75 Å². The monoisotopic (exact) mass is 402 g/mol. The molecule has 2 heterocycles. The Hall–Kier alpha value is -2.52. The van der Waals surface area contributed by atoms with Gasteiger partial charge in [-0.3, -0.25) is 4.90 Å². The van der Waals surface area contributed by atoms with E-state index in [1.807, 2.05) is 6.07 Å². The van der Waals surface area contributed by atoms with Crippen LogP contribution in [-0.2, 0) is 6.54 Å². The van der Waals surface area contributed by atoms with E-state index < -0.39 is 0 Å². The largest absolute Gasteiger partial charge is 0.497 e. The van der Waals surface area contributed by atoms with Gasteiger partial charge in [-0.05, 0) is 73.4 Å². The summed E-state index contributed by atoms with van der Waals surface area (Å²) in [7, 11) is 1.74. The molecule has 0 aromatic heterocycles. The van der Waals surface area contributed by atoms with Gasteiger partial charge in [0.15, 0.2) is 0 Å². The van der Waals surface area contributed by atoms with E-state index in [1.54, 1.807) is 7.11 Å². The summed E-state index contributed by atoms with van der Waals surface area (Å²) in [5.74, 6) is 2.28. The maximum Gasteiger partial charge on any atom is 0.119 e. The zero-order valence-electron chi connectivity index (χ0n) is 18.1. The molecule has 2 aromatic carbocycles. The first kappa shape index (κ1) is 20.7. The standard InChI is InChI=1S/C27H34N2O/c1-3-22-20-29(19-21-8-5-4-6-9-21)17-15-23(22)10-7-11-24-14-16-28-27-13-12-25(30-2)18-26(24)27/h3-6,8-9,12-14,18,22-23,28H,1,7,10-11,15-17,19-20H2,2H3. The number of nitrogens with zero attached hydrogens (tertiary/aromatic N) is 1. The number of ether oxygens (including phenoxy) is 1. The van der Waals surface area contributed by atoms with Crippen molar-refractivity contribution in [3.05, 3.63) is 78.4 Å². The van der Waals surface area contributed by atoms with Gasteiger partial charge in [-0.25, -0.2) is 0 Å². The molecule has 1 saturated heterocycles. The van der Waals surface area contributed by atoms with Crippen molar-refractivity contribution in [2.75, 3.05) is 32.1 Å². The molecule has 0 bridgehead atoms. The molecule has 2 atom stereocenters. The molecule has 158 valence electrons. The summed E-state index contributed by atoms with van der Waals surface area (Å²) in [4.78, 5) is 2.59. The number of methoxy groups -OCH3 is 1. The normalized spacial score (nSPS) is 21.3. The van der Waals surface area contributed by atoms with Crippen molar-refractivity contribution in [1.29, 1.82) is 0 Å². The van der Waals surface area contributed by atoms with E-state index in [4.69, 9.17) is 4.74 Å². The highest BCUT2D eigenvalue weighted by molar-refractivity contribution is 5.80. The van der Waals surface area contributed by atoms with E-state index in [9.17, 15) is 0 Å². The third-order valence-corrected chi connectivity index (χ3v) is 6.68. The second-order valence-electron chi connectivity index (χ2n) is 8.58.